The molecule has 4 aromatic rings. The molecule has 4 aromatic heterocycles. The molecule has 4 rings (SSSR count). The van der Waals surface area contributed by atoms with Crippen molar-refractivity contribution in [3.05, 3.63) is 44.0 Å². The molecule has 0 spiro atoms. The van der Waals surface area contributed by atoms with Gasteiger partial charge >= 0.3 is 5.69 Å². The zero-order chi connectivity index (χ0) is 23.0. The average molecular weight is 456 g/mol. The van der Waals surface area contributed by atoms with E-state index in [-0.39, 0.29) is 5.88 Å². The van der Waals surface area contributed by atoms with Crippen LogP contribution in [0.25, 0.3) is 22.2 Å². The fraction of sp³-hybridized carbons (Fsp3) is 0.429. The van der Waals surface area contributed by atoms with Crippen LogP contribution in [0.3, 0.4) is 0 Å². The fourth-order valence-corrected chi connectivity index (χ4v) is 4.60. The lowest BCUT2D eigenvalue weighted by Gasteiger charge is -2.08. The van der Waals surface area contributed by atoms with E-state index in [0.29, 0.717) is 52.0 Å². The molecule has 168 valence electrons. The van der Waals surface area contributed by atoms with Gasteiger partial charge in [0.15, 0.2) is 22.0 Å². The first-order chi connectivity index (χ1) is 15.3. The van der Waals surface area contributed by atoms with Crippen LogP contribution >= 0.6 is 11.8 Å². The van der Waals surface area contributed by atoms with Gasteiger partial charge in [0.25, 0.3) is 5.56 Å². The van der Waals surface area contributed by atoms with Gasteiger partial charge in [-0.25, -0.2) is 19.7 Å². The van der Waals surface area contributed by atoms with E-state index in [1.165, 1.54) is 16.3 Å². The number of hydrogen-bond acceptors (Lipinski definition) is 8. The number of nitrogens with one attached hydrogen (secondary N) is 1. The van der Waals surface area contributed by atoms with Crippen molar-refractivity contribution >= 4 is 34.0 Å². The Labute approximate surface area is 187 Å². The number of hydrogen-bond donors (Lipinski definition) is 2. The lowest BCUT2D eigenvalue weighted by molar-refractivity contribution is 0.453. The topological polar surface area (TPSA) is 132 Å². The molecule has 0 fully saturated rings. The predicted octanol–water partition coefficient (Wildman–Crippen LogP) is 2.66. The van der Waals surface area contributed by atoms with E-state index in [4.69, 9.17) is 0 Å². The highest BCUT2D eigenvalue weighted by atomic mass is 32.2. The summed E-state index contributed by atoms with van der Waals surface area (Å²) in [4.78, 5) is 45.1. The molecule has 2 N–H and O–H groups in total. The smallest absolute Gasteiger partial charge is 0.330 e. The third-order valence-electron chi connectivity index (χ3n) is 5.30. The van der Waals surface area contributed by atoms with Gasteiger partial charge in [-0.15, -0.1) is 0 Å². The standard InChI is InChI=1S/C21H25N7O3S/c1-5-7-8-28-17-15(19(30)26-21(28)31)27(6-2)13(23-17)10-32-20-24-16-14(18(29)25-20)11(3)9-12(4)22-16/h9H,5-8,10H2,1-4H3,(H,26,30,31)(H,22,24,25,29). The van der Waals surface area contributed by atoms with Gasteiger partial charge in [-0.1, -0.05) is 25.1 Å². The third-order valence-corrected chi connectivity index (χ3v) is 6.14. The third kappa shape index (κ3) is 3.88. The number of H-pyrrole nitrogens is 1. The van der Waals surface area contributed by atoms with Gasteiger partial charge in [-0.3, -0.25) is 14.3 Å². The molecule has 10 nitrogen and oxygen atoms in total. The van der Waals surface area contributed by atoms with Gasteiger partial charge in [0.2, 0.25) is 5.88 Å². The lowest BCUT2D eigenvalue weighted by atomic mass is 10.2. The lowest BCUT2D eigenvalue weighted by Crippen LogP contribution is -2.31. The SMILES string of the molecule is CCCCn1c(=O)[nH]c(=O)c2c1nc(CSc1nc(O)c3c(C)cc(C)nc3n1)n2CC. The summed E-state index contributed by atoms with van der Waals surface area (Å²) in [6, 6.07) is 1.87. The average Bonchev–Trinajstić information content (AvgIpc) is 3.10. The highest BCUT2D eigenvalue weighted by Crippen LogP contribution is 2.29. The van der Waals surface area contributed by atoms with Crippen LogP contribution in [-0.4, -0.2) is 39.2 Å². The highest BCUT2D eigenvalue weighted by molar-refractivity contribution is 7.98. The number of fused-ring (bicyclic) bond motifs is 2. The summed E-state index contributed by atoms with van der Waals surface area (Å²) in [5, 5.41) is 11.3. The van der Waals surface area contributed by atoms with Crippen molar-refractivity contribution < 1.29 is 5.11 Å². The number of imidazole rings is 1. The van der Waals surface area contributed by atoms with Gasteiger partial charge in [0, 0.05) is 18.8 Å². The van der Waals surface area contributed by atoms with E-state index in [0.717, 1.165) is 24.1 Å². The van der Waals surface area contributed by atoms with Crippen LogP contribution in [-0.2, 0) is 18.8 Å². The zero-order valence-electron chi connectivity index (χ0n) is 18.5. The Bertz CT molecular complexity index is 1440. The number of aromatic hydroxyl groups is 1. The number of aromatic nitrogens is 7. The summed E-state index contributed by atoms with van der Waals surface area (Å²) >= 11 is 1.29. The normalized spacial score (nSPS) is 11.6. The monoisotopic (exact) mass is 455 g/mol. The number of aromatic amines is 1. The molecular formula is C21H25N7O3S. The molecule has 0 saturated carbocycles. The summed E-state index contributed by atoms with van der Waals surface area (Å²) < 4.78 is 3.32. The Morgan fingerprint density at radius 2 is 1.88 bits per heavy atom. The maximum absolute atomic E-state index is 12.5. The number of aryl methyl sites for hydroxylation is 4. The van der Waals surface area contributed by atoms with Crippen LogP contribution in [0.1, 0.15) is 43.8 Å². The van der Waals surface area contributed by atoms with E-state index in [2.05, 4.69) is 24.9 Å². The van der Waals surface area contributed by atoms with Gasteiger partial charge in [0.1, 0.15) is 5.82 Å². The van der Waals surface area contributed by atoms with Crippen LogP contribution in [0.2, 0.25) is 0 Å². The summed E-state index contributed by atoms with van der Waals surface area (Å²) in [6.07, 6.45) is 1.72. The van der Waals surface area contributed by atoms with Crippen LogP contribution in [0, 0.1) is 13.8 Å². The first-order valence-corrected chi connectivity index (χ1v) is 11.5. The number of unbranched alkanes of at least 4 members (excludes halogenated alkanes) is 1. The maximum Gasteiger partial charge on any atom is 0.330 e. The van der Waals surface area contributed by atoms with Crippen molar-refractivity contribution in [1.82, 2.24) is 34.1 Å². The molecule has 11 heteroatoms. The second-order valence-corrected chi connectivity index (χ2v) is 8.55. The molecule has 0 aliphatic carbocycles. The minimum atomic E-state index is -0.449. The Kier molecular flexibility index (Phi) is 6.00. The Morgan fingerprint density at radius 1 is 1.09 bits per heavy atom. The molecule has 0 aromatic carbocycles. The number of thioether (sulfide) groups is 1. The van der Waals surface area contributed by atoms with Gasteiger partial charge < -0.3 is 9.67 Å². The number of pyridine rings is 1. The Morgan fingerprint density at radius 3 is 2.59 bits per heavy atom. The second kappa shape index (κ2) is 8.73. The van der Waals surface area contributed by atoms with E-state index < -0.39 is 11.2 Å². The minimum Gasteiger partial charge on any atom is -0.493 e. The van der Waals surface area contributed by atoms with E-state index in [1.807, 2.05) is 33.8 Å². The predicted molar refractivity (Wildman–Crippen MR) is 123 cm³/mol. The van der Waals surface area contributed by atoms with Crippen molar-refractivity contribution in [2.24, 2.45) is 0 Å². The van der Waals surface area contributed by atoms with Gasteiger partial charge in [0.05, 0.1) is 11.1 Å². The molecule has 0 aliphatic heterocycles. The first kappa shape index (κ1) is 22.0. The van der Waals surface area contributed by atoms with Crippen LogP contribution in [0.15, 0.2) is 20.8 Å². The summed E-state index contributed by atoms with van der Waals surface area (Å²) in [6.45, 7) is 8.72. The molecule has 0 unspecified atom stereocenters. The van der Waals surface area contributed by atoms with Crippen molar-refractivity contribution in [2.75, 3.05) is 0 Å². The molecule has 0 radical (unpaired) electrons. The minimum absolute atomic E-state index is 0.114. The van der Waals surface area contributed by atoms with Gasteiger partial charge in [-0.2, -0.15) is 4.98 Å². The summed E-state index contributed by atoms with van der Waals surface area (Å²) in [5.41, 5.74) is 1.98. The highest BCUT2D eigenvalue weighted by Gasteiger charge is 2.19. The Hall–Kier alpha value is -3.21. The van der Waals surface area contributed by atoms with Gasteiger partial charge in [-0.05, 0) is 38.8 Å². The fourth-order valence-electron chi connectivity index (χ4n) is 3.82. The Balaban J connectivity index is 1.74. The van der Waals surface area contributed by atoms with Crippen LogP contribution < -0.4 is 11.2 Å². The molecule has 32 heavy (non-hydrogen) atoms. The van der Waals surface area contributed by atoms with Crippen LogP contribution in [0.5, 0.6) is 5.88 Å². The molecule has 4 heterocycles. The summed E-state index contributed by atoms with van der Waals surface area (Å²) in [7, 11) is 0. The van der Waals surface area contributed by atoms with E-state index in [1.54, 1.807) is 4.57 Å². The van der Waals surface area contributed by atoms with E-state index in [9.17, 15) is 14.7 Å². The molecule has 0 saturated heterocycles. The quantitative estimate of drug-likeness (QED) is 0.321. The molecule has 0 aliphatic rings. The maximum atomic E-state index is 12.5. The van der Waals surface area contributed by atoms with Crippen molar-refractivity contribution in [3.63, 3.8) is 0 Å². The second-order valence-electron chi connectivity index (χ2n) is 7.61. The first-order valence-electron chi connectivity index (χ1n) is 10.5. The number of nitrogens with zero attached hydrogens (tertiary/aromatic N) is 6. The van der Waals surface area contributed by atoms with E-state index >= 15 is 0 Å². The molecular weight excluding hydrogens is 430 g/mol. The van der Waals surface area contributed by atoms with Crippen molar-refractivity contribution in [2.45, 2.75) is 64.5 Å². The zero-order valence-corrected chi connectivity index (χ0v) is 19.3. The van der Waals surface area contributed by atoms with Crippen LogP contribution in [0.4, 0.5) is 0 Å². The molecule has 0 amide bonds. The number of rotatable bonds is 7. The van der Waals surface area contributed by atoms with Crippen molar-refractivity contribution in [1.29, 1.82) is 0 Å². The molecule has 0 bridgehead atoms. The molecule has 0 atom stereocenters. The van der Waals surface area contributed by atoms with Crippen molar-refractivity contribution in [3.8, 4) is 5.88 Å². The summed E-state index contributed by atoms with van der Waals surface area (Å²) in [5.74, 6) is 0.876. The largest absolute Gasteiger partial charge is 0.493 e.